The van der Waals surface area contributed by atoms with Gasteiger partial charge in [0, 0.05) is 74.7 Å². The second-order valence-electron chi connectivity index (χ2n) is 38.0. The Balaban J connectivity index is 0.570. The highest BCUT2D eigenvalue weighted by atomic mass is 32.1. The Morgan fingerprint density at radius 1 is 0.209 bits per heavy atom. The number of para-hydroxylation sites is 2. The molecule has 0 radical (unpaired) electrons. The van der Waals surface area contributed by atoms with Gasteiger partial charge in [0.25, 0.3) is 0 Å². The van der Waals surface area contributed by atoms with Crippen LogP contribution in [0.5, 0.6) is 0 Å². The van der Waals surface area contributed by atoms with E-state index in [1.807, 2.05) is 22.7 Å². The molecular formula is C125H92N2S2. The minimum atomic E-state index is 0.0943. The number of benzene rings is 18. The van der Waals surface area contributed by atoms with E-state index in [0.717, 1.165) is 74.1 Å². The maximum absolute atomic E-state index is 2.64. The van der Waals surface area contributed by atoms with Crippen LogP contribution in [0.4, 0.5) is 34.1 Å². The van der Waals surface area contributed by atoms with Crippen molar-refractivity contribution in [3.63, 3.8) is 0 Å². The summed E-state index contributed by atoms with van der Waals surface area (Å²) in [6.07, 6.45) is 12.2. The normalized spacial score (nSPS) is 19.9. The molecule has 2 aromatic heterocycles. The molecule has 28 rings (SSSR count). The van der Waals surface area contributed by atoms with Crippen LogP contribution in [0, 0.1) is 35.5 Å². The molecule has 2 heterocycles. The summed E-state index contributed by atoms with van der Waals surface area (Å²) in [5, 5.41) is 5.05. The third-order valence-electron chi connectivity index (χ3n) is 31.6. The van der Waals surface area contributed by atoms with Gasteiger partial charge >= 0.3 is 0 Å². The van der Waals surface area contributed by atoms with Gasteiger partial charge in [0.15, 0.2) is 0 Å². The zero-order valence-electron chi connectivity index (χ0n) is 71.8. The van der Waals surface area contributed by atoms with Gasteiger partial charge in [-0.2, -0.15) is 0 Å². The summed E-state index contributed by atoms with van der Waals surface area (Å²) in [5.41, 5.74) is 40.6. The van der Waals surface area contributed by atoms with E-state index < -0.39 is 0 Å². The molecule has 4 heteroatoms. The molecule has 8 aliphatic carbocycles. The van der Waals surface area contributed by atoms with Gasteiger partial charge in [-0.05, 0) is 311 Å². The van der Waals surface area contributed by atoms with E-state index in [2.05, 4.69) is 422 Å². The first-order valence-electron chi connectivity index (χ1n) is 46.8. The molecule has 129 heavy (non-hydrogen) atoms. The lowest BCUT2D eigenvalue weighted by Crippen LogP contribution is -2.55. The van der Waals surface area contributed by atoms with Crippen molar-refractivity contribution in [2.24, 2.45) is 35.5 Å². The fraction of sp³-hybridized carbons (Fsp3) is 0.136. The molecule has 0 amide bonds. The van der Waals surface area contributed by atoms with Crippen molar-refractivity contribution in [3.8, 4) is 122 Å². The van der Waals surface area contributed by atoms with Crippen LogP contribution < -0.4 is 9.80 Å². The predicted molar refractivity (Wildman–Crippen MR) is 545 cm³/mol. The molecule has 20 aromatic rings. The van der Waals surface area contributed by atoms with Gasteiger partial charge in [0.05, 0.1) is 21.8 Å². The summed E-state index contributed by atoms with van der Waals surface area (Å²) in [6, 6.07) is 158. The van der Waals surface area contributed by atoms with Gasteiger partial charge in [0.2, 0.25) is 0 Å². The quantitative estimate of drug-likeness (QED) is 0.101. The lowest BCUT2D eigenvalue weighted by atomic mass is 9.43. The number of thiophene rings is 2. The largest absolute Gasteiger partial charge is 0.310 e. The van der Waals surface area contributed by atoms with Crippen LogP contribution in [-0.2, 0) is 10.8 Å². The Morgan fingerprint density at radius 2 is 0.636 bits per heavy atom. The van der Waals surface area contributed by atoms with Crippen LogP contribution in [0.3, 0.4) is 0 Å². The predicted octanol–water partition coefficient (Wildman–Crippen LogP) is 35.2. The van der Waals surface area contributed by atoms with Crippen LogP contribution >= 0.6 is 22.7 Å². The van der Waals surface area contributed by atoms with Crippen LogP contribution in [0.1, 0.15) is 80.0 Å². The van der Waals surface area contributed by atoms with Gasteiger partial charge < -0.3 is 9.80 Å². The molecule has 3 unspecified atom stereocenters. The Labute approximate surface area is 762 Å². The molecule has 0 saturated heterocycles. The smallest absolute Gasteiger partial charge is 0.0640 e. The third kappa shape index (κ3) is 11.7. The highest BCUT2D eigenvalue weighted by Gasteiger charge is 2.62. The van der Waals surface area contributed by atoms with E-state index in [1.165, 1.54) is 198 Å². The second kappa shape index (κ2) is 29.8. The summed E-state index contributed by atoms with van der Waals surface area (Å²) in [6.45, 7) is 0. The van der Waals surface area contributed by atoms with E-state index in [9.17, 15) is 0 Å². The maximum Gasteiger partial charge on any atom is 0.0640 e. The number of nitrogens with zero attached hydrogens (tertiary/aromatic N) is 2. The first-order chi connectivity index (χ1) is 63.9. The number of anilines is 6. The molecule has 0 N–H and O–H groups in total. The third-order valence-corrected chi connectivity index (χ3v) is 34.0. The van der Waals surface area contributed by atoms with Gasteiger partial charge in [-0.25, -0.2) is 0 Å². The average molecular weight is 1690 g/mol. The standard InChI is InChI=1S/C125H92N2S2/c1-3-24-83(25-4-1)95-28-7-8-29-97(95)98-30-9-10-31-99(98)106-36-15-20-42-117(106)126(92-56-47-82(48-57-92)88-53-63-105-103-35-14-19-41-114(103)125(116(105)75-88)90-68-79-66-80(70-90)71-91(125)69-79)94-60-64-109-112-73-86(54-65-121(112)128-122(109)76-94)85-51-61-96(84-26-5-2-6-27-84)111(72-85)101-33-12-11-32-100(101)107-37-16-21-43-118(107)127(119-44-23-39-110-108-38-17-22-45-120(108)129-123(110)119)93-58-49-81(50-59-93)87-52-62-104-102-34-13-18-40-113(102)124(115(104)74-87)77-78-46-55-89(124)67-78/h1-45,47-54,56-65,72-76,78-80,89-91H,46,55,66-71,77H2. The minimum absolute atomic E-state index is 0.0943. The fourth-order valence-electron chi connectivity index (χ4n) is 26.4. The van der Waals surface area contributed by atoms with Crippen molar-refractivity contribution in [2.75, 3.05) is 9.80 Å². The minimum Gasteiger partial charge on any atom is -0.310 e. The molecule has 3 atom stereocenters. The van der Waals surface area contributed by atoms with E-state index >= 15 is 0 Å². The molecule has 0 aliphatic heterocycles. The van der Waals surface area contributed by atoms with Gasteiger partial charge in [-0.15, -0.1) is 22.7 Å². The van der Waals surface area contributed by atoms with Gasteiger partial charge in [-0.1, -0.05) is 328 Å². The Bertz CT molecular complexity index is 7890. The maximum atomic E-state index is 2.64. The summed E-state index contributed by atoms with van der Waals surface area (Å²) < 4.78 is 5.05. The highest BCUT2D eigenvalue weighted by Crippen LogP contribution is 2.71. The van der Waals surface area contributed by atoms with Crippen LogP contribution in [0.25, 0.3) is 163 Å². The lowest BCUT2D eigenvalue weighted by molar-refractivity contribution is -0.0399. The van der Waals surface area contributed by atoms with Crippen molar-refractivity contribution in [1.29, 1.82) is 0 Å². The van der Waals surface area contributed by atoms with Crippen molar-refractivity contribution < 1.29 is 0 Å². The second-order valence-corrected chi connectivity index (χ2v) is 40.1. The van der Waals surface area contributed by atoms with Crippen LogP contribution in [-0.4, -0.2) is 0 Å². The fourth-order valence-corrected chi connectivity index (χ4v) is 28.8. The molecular weight excluding hydrogens is 1590 g/mol. The lowest BCUT2D eigenvalue weighted by Gasteiger charge is -2.61. The van der Waals surface area contributed by atoms with Crippen molar-refractivity contribution >= 4 is 97.1 Å². The number of rotatable bonds is 15. The summed E-state index contributed by atoms with van der Waals surface area (Å²) >= 11 is 3.78. The van der Waals surface area contributed by atoms with E-state index in [1.54, 1.807) is 22.3 Å². The zero-order valence-corrected chi connectivity index (χ0v) is 73.4. The Morgan fingerprint density at radius 3 is 1.27 bits per heavy atom. The SMILES string of the molecule is c1ccc(-c2ccccc2-c2ccccc2-c2ccccc2N(c2ccc(-c3ccc4c(c3)C3(c5ccccc5-4)C4CC5CC(C4)CC3C5)cc2)c2ccc3c(c2)sc2ccc(-c4ccc(-c5ccccc5)c(-c5ccccc5-c5ccccc5N(c5ccc(-c6ccc7c(c6)C6(CC8CCC6C8)c6ccccc6-7)cc5)c5cccc6c5sc5ccccc56)c4)cc23)cc1. The van der Waals surface area contributed by atoms with Crippen molar-refractivity contribution in [3.05, 3.63) is 435 Å². The van der Waals surface area contributed by atoms with E-state index in [-0.39, 0.29) is 10.8 Å². The van der Waals surface area contributed by atoms with Crippen molar-refractivity contribution in [2.45, 2.75) is 68.6 Å². The monoisotopic (exact) mass is 1680 g/mol. The molecule has 614 valence electrons. The first kappa shape index (κ1) is 75.2. The van der Waals surface area contributed by atoms with Gasteiger partial charge in [-0.3, -0.25) is 0 Å². The van der Waals surface area contributed by atoms with Crippen LogP contribution in [0.2, 0.25) is 0 Å². The van der Waals surface area contributed by atoms with Crippen molar-refractivity contribution in [1.82, 2.24) is 0 Å². The summed E-state index contributed by atoms with van der Waals surface area (Å²) in [7, 11) is 0. The molecule has 2 nitrogen and oxygen atoms in total. The topological polar surface area (TPSA) is 6.48 Å². The number of fused-ring (bicyclic) bond motifs is 17. The Hall–Kier alpha value is -14.0. The zero-order chi connectivity index (χ0) is 84.6. The average Bonchev–Trinajstić information content (AvgIpc) is 1.50. The molecule has 18 aromatic carbocycles. The summed E-state index contributed by atoms with van der Waals surface area (Å²) in [5.74, 6) is 4.69. The van der Waals surface area contributed by atoms with Crippen LogP contribution in [0.15, 0.2) is 413 Å². The molecule has 8 aliphatic rings. The molecule has 2 spiro atoms. The number of hydrogen-bond donors (Lipinski definition) is 0. The molecule has 6 bridgehead atoms. The van der Waals surface area contributed by atoms with E-state index in [0.29, 0.717) is 17.8 Å². The Kier molecular flexibility index (Phi) is 17.4. The molecule has 6 fully saturated rings. The van der Waals surface area contributed by atoms with E-state index in [4.69, 9.17) is 0 Å². The highest BCUT2D eigenvalue weighted by molar-refractivity contribution is 7.26. The molecule has 6 saturated carbocycles. The number of hydrogen-bond acceptors (Lipinski definition) is 4. The van der Waals surface area contributed by atoms with Gasteiger partial charge in [0.1, 0.15) is 0 Å². The summed E-state index contributed by atoms with van der Waals surface area (Å²) in [4.78, 5) is 5.09. The first-order valence-corrected chi connectivity index (χ1v) is 48.4.